The van der Waals surface area contributed by atoms with Gasteiger partial charge in [0.25, 0.3) is 5.56 Å². The highest BCUT2D eigenvalue weighted by molar-refractivity contribution is 7.99. The topological polar surface area (TPSA) is 91.7 Å². The lowest BCUT2D eigenvalue weighted by atomic mass is 9.94. The van der Waals surface area contributed by atoms with E-state index in [4.69, 9.17) is 19.2 Å². The van der Waals surface area contributed by atoms with Crippen LogP contribution in [0.2, 0.25) is 0 Å². The van der Waals surface area contributed by atoms with Gasteiger partial charge in [0.1, 0.15) is 16.3 Å². The largest absolute Gasteiger partial charge is 0.494 e. The van der Waals surface area contributed by atoms with Gasteiger partial charge >= 0.3 is 0 Å². The monoisotopic (exact) mass is 565 g/mol. The minimum Gasteiger partial charge on any atom is -0.494 e. The second-order valence-corrected chi connectivity index (χ2v) is 11.7. The zero-order chi connectivity index (χ0) is 27.6. The van der Waals surface area contributed by atoms with Crippen molar-refractivity contribution in [2.24, 2.45) is 0 Å². The molecule has 1 aliphatic heterocycles. The van der Waals surface area contributed by atoms with Gasteiger partial charge < -0.3 is 19.5 Å². The average molecular weight is 566 g/mol. The summed E-state index contributed by atoms with van der Waals surface area (Å²) < 4.78 is 18.6. The third-order valence-corrected chi connectivity index (χ3v) is 8.30. The first-order valence-corrected chi connectivity index (χ1v) is 14.7. The molecule has 0 saturated heterocycles. The van der Waals surface area contributed by atoms with Crippen LogP contribution in [-0.4, -0.2) is 40.0 Å². The summed E-state index contributed by atoms with van der Waals surface area (Å²) in [6, 6.07) is 14.6. The van der Waals surface area contributed by atoms with Gasteiger partial charge in [-0.05, 0) is 81.8 Å². The Morgan fingerprint density at radius 3 is 2.36 bits per heavy atom. The quantitative estimate of drug-likeness (QED) is 0.202. The zero-order valence-electron chi connectivity index (χ0n) is 22.4. The summed E-state index contributed by atoms with van der Waals surface area (Å²) in [5, 5.41) is 3.99. The highest BCUT2D eigenvalue weighted by atomic mass is 32.2. The van der Waals surface area contributed by atoms with Crippen LogP contribution in [0, 0.1) is 0 Å². The van der Waals surface area contributed by atoms with Crippen molar-refractivity contribution in [1.29, 1.82) is 0 Å². The molecule has 3 heterocycles. The van der Waals surface area contributed by atoms with Gasteiger partial charge in [-0.1, -0.05) is 11.8 Å². The van der Waals surface area contributed by atoms with Crippen LogP contribution >= 0.6 is 23.1 Å². The van der Waals surface area contributed by atoms with Crippen LogP contribution in [0.25, 0.3) is 15.9 Å². The first-order valence-electron chi connectivity index (χ1n) is 12.9. The van der Waals surface area contributed by atoms with E-state index < -0.39 is 0 Å². The molecular weight excluding hydrogens is 534 g/mol. The van der Waals surface area contributed by atoms with E-state index in [0.717, 1.165) is 21.9 Å². The lowest BCUT2D eigenvalue weighted by molar-refractivity contribution is -0.113. The summed E-state index contributed by atoms with van der Waals surface area (Å²) in [6.45, 7) is 9.50. The molecule has 39 heavy (non-hydrogen) atoms. The van der Waals surface area contributed by atoms with E-state index in [2.05, 4.69) is 5.32 Å². The molecule has 204 valence electrons. The molecule has 1 N–H and O–H groups in total. The minimum absolute atomic E-state index is 0.0867. The van der Waals surface area contributed by atoms with Gasteiger partial charge in [0, 0.05) is 17.0 Å². The van der Waals surface area contributed by atoms with Crippen molar-refractivity contribution in [3.8, 4) is 17.2 Å². The first kappa shape index (κ1) is 27.2. The fraction of sp³-hybridized carbons (Fsp3) is 0.345. The van der Waals surface area contributed by atoms with E-state index in [-0.39, 0.29) is 22.8 Å². The number of nitrogens with one attached hydrogen (secondary N) is 1. The molecule has 0 atom stereocenters. The van der Waals surface area contributed by atoms with E-state index in [1.165, 1.54) is 23.1 Å². The molecule has 0 saturated carbocycles. The van der Waals surface area contributed by atoms with Gasteiger partial charge in [0.05, 0.1) is 42.2 Å². The number of aromatic nitrogens is 2. The van der Waals surface area contributed by atoms with Crippen molar-refractivity contribution in [3.05, 3.63) is 69.3 Å². The summed E-state index contributed by atoms with van der Waals surface area (Å²) in [7, 11) is 0. The standard InChI is InChI=1S/C29H31N3O5S2/c1-5-35-20-11-7-18(8-12-20)30-24(33)17-38-28-31-26-25(22-15-29(3,4)37-16-23(22)39-26)27(34)32(28)19-9-13-21(14-10-19)36-6-2/h7-14H,5-6,15-17H2,1-4H3,(H,30,33). The Labute approximate surface area is 235 Å². The molecule has 10 heteroatoms. The van der Waals surface area contributed by atoms with Crippen LogP contribution in [0.4, 0.5) is 5.69 Å². The molecule has 0 aliphatic carbocycles. The number of amides is 1. The van der Waals surface area contributed by atoms with E-state index in [1.807, 2.05) is 64.1 Å². The van der Waals surface area contributed by atoms with Crippen molar-refractivity contribution < 1.29 is 19.0 Å². The Morgan fingerprint density at radius 2 is 1.72 bits per heavy atom. The Morgan fingerprint density at radius 1 is 1.08 bits per heavy atom. The molecule has 0 radical (unpaired) electrons. The number of carbonyl (C=O) groups is 1. The number of ether oxygens (including phenoxy) is 3. The third kappa shape index (κ3) is 5.98. The van der Waals surface area contributed by atoms with Crippen LogP contribution in [-0.2, 0) is 22.6 Å². The van der Waals surface area contributed by atoms with Crippen LogP contribution in [0.5, 0.6) is 11.5 Å². The number of carbonyl (C=O) groups excluding carboxylic acids is 1. The number of hydrogen-bond acceptors (Lipinski definition) is 8. The van der Waals surface area contributed by atoms with E-state index in [0.29, 0.717) is 53.0 Å². The second kappa shape index (κ2) is 11.4. The molecular formula is C29H31N3O5S2. The Bertz CT molecular complexity index is 1540. The summed E-state index contributed by atoms with van der Waals surface area (Å²) in [5.74, 6) is 1.36. The summed E-state index contributed by atoms with van der Waals surface area (Å²) in [4.78, 5) is 33.5. The summed E-state index contributed by atoms with van der Waals surface area (Å²) >= 11 is 2.72. The van der Waals surface area contributed by atoms with Crippen LogP contribution < -0.4 is 20.3 Å². The van der Waals surface area contributed by atoms with Crippen LogP contribution in [0.3, 0.4) is 0 Å². The van der Waals surface area contributed by atoms with Gasteiger partial charge in [-0.2, -0.15) is 0 Å². The SMILES string of the molecule is CCOc1ccc(NC(=O)CSc2nc3sc4c(c3c(=O)n2-c2ccc(OCC)cc2)CC(C)(C)OC4)cc1. The number of thiophene rings is 1. The van der Waals surface area contributed by atoms with Crippen molar-refractivity contribution >= 4 is 44.9 Å². The van der Waals surface area contributed by atoms with E-state index >= 15 is 0 Å². The minimum atomic E-state index is -0.357. The summed E-state index contributed by atoms with van der Waals surface area (Å²) in [5.41, 5.74) is 1.84. The van der Waals surface area contributed by atoms with Gasteiger partial charge in [0.2, 0.25) is 5.91 Å². The van der Waals surface area contributed by atoms with Crippen molar-refractivity contribution in [2.45, 2.75) is 51.5 Å². The van der Waals surface area contributed by atoms with Gasteiger partial charge in [-0.15, -0.1) is 11.3 Å². The average Bonchev–Trinajstić information content (AvgIpc) is 3.26. The Balaban J connectivity index is 1.48. The highest BCUT2D eigenvalue weighted by Gasteiger charge is 2.31. The molecule has 0 unspecified atom stereocenters. The lowest BCUT2D eigenvalue weighted by Gasteiger charge is -2.29. The lowest BCUT2D eigenvalue weighted by Crippen LogP contribution is -2.32. The van der Waals surface area contributed by atoms with Gasteiger partial charge in [0.15, 0.2) is 5.16 Å². The number of thioether (sulfide) groups is 1. The molecule has 4 aromatic rings. The number of anilines is 1. The van der Waals surface area contributed by atoms with Gasteiger partial charge in [-0.25, -0.2) is 4.98 Å². The predicted octanol–water partition coefficient (Wildman–Crippen LogP) is 5.83. The Hall–Kier alpha value is -3.34. The molecule has 0 spiro atoms. The fourth-order valence-corrected chi connectivity index (χ4v) is 6.44. The second-order valence-electron chi connectivity index (χ2n) is 9.67. The maximum atomic E-state index is 14.1. The molecule has 0 bridgehead atoms. The van der Waals surface area contributed by atoms with E-state index in [9.17, 15) is 9.59 Å². The molecule has 1 aliphatic rings. The third-order valence-electron chi connectivity index (χ3n) is 6.26. The number of nitrogens with zero attached hydrogens (tertiary/aromatic N) is 2. The maximum absolute atomic E-state index is 14.1. The van der Waals surface area contributed by atoms with Gasteiger partial charge in [-0.3, -0.25) is 14.2 Å². The van der Waals surface area contributed by atoms with E-state index in [1.54, 1.807) is 16.7 Å². The fourth-order valence-electron chi connectivity index (χ4n) is 4.48. The molecule has 2 aromatic heterocycles. The number of hydrogen-bond donors (Lipinski definition) is 1. The molecule has 5 rings (SSSR count). The van der Waals surface area contributed by atoms with Crippen LogP contribution in [0.1, 0.15) is 38.1 Å². The molecule has 1 amide bonds. The smallest absolute Gasteiger partial charge is 0.267 e. The number of benzene rings is 2. The first-order chi connectivity index (χ1) is 18.8. The number of fused-ring (bicyclic) bond motifs is 3. The van der Waals surface area contributed by atoms with Crippen molar-refractivity contribution in [2.75, 3.05) is 24.3 Å². The normalized spacial score (nSPS) is 14.2. The van der Waals surface area contributed by atoms with Crippen molar-refractivity contribution in [1.82, 2.24) is 9.55 Å². The number of rotatable bonds is 9. The van der Waals surface area contributed by atoms with Crippen molar-refractivity contribution in [3.63, 3.8) is 0 Å². The highest BCUT2D eigenvalue weighted by Crippen LogP contribution is 2.38. The predicted molar refractivity (Wildman–Crippen MR) is 156 cm³/mol. The van der Waals surface area contributed by atoms with Crippen LogP contribution in [0.15, 0.2) is 58.5 Å². The maximum Gasteiger partial charge on any atom is 0.267 e. The molecule has 8 nitrogen and oxygen atoms in total. The zero-order valence-corrected chi connectivity index (χ0v) is 24.0. The summed E-state index contributed by atoms with van der Waals surface area (Å²) in [6.07, 6.45) is 0.638. The molecule has 0 fully saturated rings. The molecule has 2 aromatic carbocycles. The Kier molecular flexibility index (Phi) is 7.97.